The lowest BCUT2D eigenvalue weighted by molar-refractivity contribution is -0.116. The van der Waals surface area contributed by atoms with E-state index in [0.29, 0.717) is 42.8 Å². The van der Waals surface area contributed by atoms with E-state index in [-0.39, 0.29) is 42.1 Å². The van der Waals surface area contributed by atoms with Gasteiger partial charge in [0.1, 0.15) is 0 Å². The number of nitrogens with one attached hydrogen (secondary N) is 2. The van der Waals surface area contributed by atoms with Gasteiger partial charge in [-0.1, -0.05) is 17.7 Å². The lowest BCUT2D eigenvalue weighted by atomic mass is 10.2. The molecule has 0 spiro atoms. The second kappa shape index (κ2) is 10.8. The van der Waals surface area contributed by atoms with Gasteiger partial charge in [0.15, 0.2) is 15.8 Å². The molecule has 0 bridgehead atoms. The third-order valence-electron chi connectivity index (χ3n) is 4.82. The van der Waals surface area contributed by atoms with Gasteiger partial charge in [0, 0.05) is 36.8 Å². The first-order chi connectivity index (χ1) is 13.1. The smallest absolute Gasteiger partial charge is 0.226 e. The average molecular weight is 557 g/mol. The third-order valence-corrected chi connectivity index (χ3v) is 7.76. The van der Waals surface area contributed by atoms with Gasteiger partial charge in [0.25, 0.3) is 0 Å². The maximum absolute atomic E-state index is 12.2. The molecule has 0 radical (unpaired) electrons. The fourth-order valence-electron chi connectivity index (χ4n) is 2.97. The molecule has 1 amide bonds. The van der Waals surface area contributed by atoms with Crippen LogP contribution in [0, 0.1) is 6.92 Å². The molecule has 1 fully saturated rings. The maximum Gasteiger partial charge on any atom is 0.226 e. The molecule has 1 heterocycles. The number of guanidine groups is 1. The normalized spacial score (nSPS) is 18.0. The van der Waals surface area contributed by atoms with Gasteiger partial charge in [-0.25, -0.2) is 8.42 Å². The number of amides is 1. The molecule has 164 valence electrons. The van der Waals surface area contributed by atoms with Crippen LogP contribution in [0.2, 0.25) is 5.02 Å². The van der Waals surface area contributed by atoms with Crippen molar-refractivity contribution in [2.45, 2.75) is 38.9 Å². The molecule has 29 heavy (non-hydrogen) atoms. The first-order valence-electron chi connectivity index (χ1n) is 9.38. The van der Waals surface area contributed by atoms with E-state index >= 15 is 0 Å². The summed E-state index contributed by atoms with van der Waals surface area (Å²) in [6.45, 7) is 9.01. The molecule has 2 N–H and O–H groups in total. The van der Waals surface area contributed by atoms with E-state index in [4.69, 9.17) is 11.6 Å². The number of anilines is 1. The van der Waals surface area contributed by atoms with Gasteiger partial charge in [-0.2, -0.15) is 0 Å². The van der Waals surface area contributed by atoms with Crippen molar-refractivity contribution in [2.75, 3.05) is 37.2 Å². The minimum absolute atomic E-state index is 0. The number of nitrogens with zero attached hydrogens (tertiary/aromatic N) is 2. The third kappa shape index (κ3) is 6.71. The number of hydrogen-bond donors (Lipinski definition) is 2. The number of aliphatic imine (C=N–C) groups is 1. The van der Waals surface area contributed by atoms with Crippen LogP contribution in [0.4, 0.5) is 5.69 Å². The Labute approximate surface area is 195 Å². The molecule has 0 atom stereocenters. The van der Waals surface area contributed by atoms with Gasteiger partial charge in [-0.05, 0) is 45.4 Å². The predicted molar refractivity (Wildman–Crippen MR) is 130 cm³/mol. The summed E-state index contributed by atoms with van der Waals surface area (Å²) in [5.41, 5.74) is 1.52. The lowest BCUT2D eigenvalue weighted by Crippen LogP contribution is -2.57. The number of rotatable bonds is 5. The molecule has 1 aromatic carbocycles. The van der Waals surface area contributed by atoms with Crippen LogP contribution in [-0.4, -0.2) is 61.9 Å². The van der Waals surface area contributed by atoms with E-state index < -0.39 is 14.6 Å². The zero-order valence-electron chi connectivity index (χ0n) is 17.3. The van der Waals surface area contributed by atoms with E-state index in [0.717, 1.165) is 5.56 Å². The van der Waals surface area contributed by atoms with Gasteiger partial charge in [-0.15, -0.1) is 24.0 Å². The second-order valence-corrected chi connectivity index (χ2v) is 10.6. The Morgan fingerprint density at radius 2 is 2.03 bits per heavy atom. The Hall–Kier alpha value is -1.07. The van der Waals surface area contributed by atoms with Crippen LogP contribution in [-0.2, 0) is 14.6 Å². The number of carbonyl (C=O) groups is 1. The van der Waals surface area contributed by atoms with Crippen LogP contribution >= 0.6 is 35.6 Å². The van der Waals surface area contributed by atoms with Crippen molar-refractivity contribution in [3.05, 3.63) is 28.8 Å². The van der Waals surface area contributed by atoms with E-state index in [1.165, 1.54) is 0 Å². The summed E-state index contributed by atoms with van der Waals surface area (Å²) in [7, 11) is -3.12. The first kappa shape index (κ1) is 26.0. The van der Waals surface area contributed by atoms with Crippen LogP contribution in [0.15, 0.2) is 23.2 Å². The molecule has 0 saturated carbocycles. The fraction of sp³-hybridized carbons (Fsp3) is 0.579. The molecular weight excluding hydrogens is 527 g/mol. The summed E-state index contributed by atoms with van der Waals surface area (Å²) in [6.07, 6.45) is 0.219. The van der Waals surface area contributed by atoms with Crippen molar-refractivity contribution >= 4 is 63.0 Å². The summed E-state index contributed by atoms with van der Waals surface area (Å²) in [6, 6.07) is 5.38. The lowest BCUT2D eigenvalue weighted by Gasteiger charge is -2.39. The Morgan fingerprint density at radius 3 is 2.66 bits per heavy atom. The summed E-state index contributed by atoms with van der Waals surface area (Å²) in [4.78, 5) is 18.7. The van der Waals surface area contributed by atoms with E-state index in [2.05, 4.69) is 15.6 Å². The first-order valence-corrected chi connectivity index (χ1v) is 11.4. The van der Waals surface area contributed by atoms with E-state index in [9.17, 15) is 13.2 Å². The molecule has 1 aliphatic rings. The van der Waals surface area contributed by atoms with Crippen LogP contribution in [0.5, 0.6) is 0 Å². The van der Waals surface area contributed by atoms with Crippen molar-refractivity contribution in [1.29, 1.82) is 0 Å². The van der Waals surface area contributed by atoms with Crippen molar-refractivity contribution in [1.82, 2.24) is 10.2 Å². The topological polar surface area (TPSA) is 90.9 Å². The van der Waals surface area contributed by atoms with Crippen LogP contribution < -0.4 is 10.6 Å². The van der Waals surface area contributed by atoms with Crippen molar-refractivity contribution < 1.29 is 13.2 Å². The van der Waals surface area contributed by atoms with Crippen LogP contribution in [0.1, 0.15) is 32.8 Å². The Kier molecular flexibility index (Phi) is 9.68. The molecule has 1 saturated heterocycles. The summed E-state index contributed by atoms with van der Waals surface area (Å²) in [5.74, 6) is 0.586. The molecule has 1 aromatic rings. The standard InChI is InChI=1S/C19H29ClN4O3S.HI/c1-5-21-18(24-11-12-28(26,27)19(3,4)13-24)22-10-9-17(25)23-16-8-6-7-15(20)14(16)2;/h6-8H,5,9-13H2,1-4H3,(H,21,22)(H,23,25);1H. The number of benzene rings is 1. The van der Waals surface area contributed by atoms with E-state index in [1.54, 1.807) is 26.0 Å². The minimum Gasteiger partial charge on any atom is -0.357 e. The van der Waals surface area contributed by atoms with Crippen LogP contribution in [0.25, 0.3) is 0 Å². The Morgan fingerprint density at radius 1 is 1.34 bits per heavy atom. The Balaban J connectivity index is 0.00000420. The molecule has 0 aliphatic carbocycles. The highest BCUT2D eigenvalue weighted by Gasteiger charge is 2.40. The van der Waals surface area contributed by atoms with Gasteiger partial charge < -0.3 is 15.5 Å². The van der Waals surface area contributed by atoms with Gasteiger partial charge in [0.2, 0.25) is 5.91 Å². The molecule has 1 aliphatic heterocycles. The number of carbonyl (C=O) groups excluding carboxylic acids is 1. The molecule has 0 aromatic heterocycles. The molecule has 2 rings (SSSR count). The number of halogens is 2. The highest BCUT2D eigenvalue weighted by Crippen LogP contribution is 2.24. The SMILES string of the molecule is CCNC(=NCCC(=O)Nc1cccc(Cl)c1C)N1CCS(=O)(=O)C(C)(C)C1.I. The zero-order chi connectivity index (χ0) is 20.9. The summed E-state index contributed by atoms with van der Waals surface area (Å²) >= 11 is 6.08. The second-order valence-electron chi connectivity index (χ2n) is 7.45. The largest absolute Gasteiger partial charge is 0.357 e. The number of hydrogen-bond acceptors (Lipinski definition) is 4. The summed E-state index contributed by atoms with van der Waals surface area (Å²) in [5, 5.41) is 6.65. The average Bonchev–Trinajstić information content (AvgIpc) is 2.61. The molecular formula is C19H30ClIN4O3S. The monoisotopic (exact) mass is 556 g/mol. The maximum atomic E-state index is 12.2. The molecule has 7 nitrogen and oxygen atoms in total. The Bertz CT molecular complexity index is 859. The van der Waals surface area contributed by atoms with Crippen molar-refractivity contribution in [3.8, 4) is 0 Å². The van der Waals surface area contributed by atoms with Crippen molar-refractivity contribution in [3.63, 3.8) is 0 Å². The quantitative estimate of drug-likeness (QED) is 0.331. The predicted octanol–water partition coefficient (Wildman–Crippen LogP) is 3.07. The van der Waals surface area contributed by atoms with Gasteiger partial charge in [0.05, 0.1) is 17.0 Å². The van der Waals surface area contributed by atoms with Crippen molar-refractivity contribution in [2.24, 2.45) is 4.99 Å². The molecule has 0 unspecified atom stereocenters. The fourth-order valence-corrected chi connectivity index (χ4v) is 4.51. The highest BCUT2D eigenvalue weighted by molar-refractivity contribution is 14.0. The zero-order valence-corrected chi connectivity index (χ0v) is 21.2. The van der Waals surface area contributed by atoms with Gasteiger partial charge in [-0.3, -0.25) is 9.79 Å². The van der Waals surface area contributed by atoms with Crippen LogP contribution in [0.3, 0.4) is 0 Å². The highest BCUT2D eigenvalue weighted by atomic mass is 127. The van der Waals surface area contributed by atoms with Gasteiger partial charge >= 0.3 is 0 Å². The minimum atomic E-state index is -3.12. The van der Waals surface area contributed by atoms with E-state index in [1.807, 2.05) is 24.8 Å². The molecule has 10 heteroatoms. The summed E-state index contributed by atoms with van der Waals surface area (Å²) < 4.78 is 23.6. The number of sulfone groups is 1.